The van der Waals surface area contributed by atoms with Gasteiger partial charge in [-0.05, 0) is 35.9 Å². The Morgan fingerprint density at radius 3 is 2.65 bits per heavy atom. The number of carboxylic acid groups (broad SMARTS) is 1. The molecule has 5 heteroatoms. The summed E-state index contributed by atoms with van der Waals surface area (Å²) in [5.41, 5.74) is 0.711. The maximum absolute atomic E-state index is 10.9. The fraction of sp³-hybridized carbons (Fsp3) is 0.133. The number of hydrogen-bond acceptors (Lipinski definition) is 4. The minimum absolute atomic E-state index is 0.187. The number of phenols is 1. The van der Waals surface area contributed by atoms with Crippen LogP contribution in [-0.4, -0.2) is 23.3 Å². The zero-order valence-electron chi connectivity index (χ0n) is 10.9. The minimum atomic E-state index is -1.20. The smallest absolute Gasteiger partial charge is 0.339 e. The highest BCUT2D eigenvalue weighted by Crippen LogP contribution is 2.24. The first-order valence-corrected chi connectivity index (χ1v) is 5.92. The van der Waals surface area contributed by atoms with Crippen LogP contribution in [-0.2, 0) is 6.61 Å². The molecule has 0 aliphatic heterocycles. The molecule has 2 aromatic rings. The second-order valence-corrected chi connectivity index (χ2v) is 4.12. The van der Waals surface area contributed by atoms with Crippen molar-refractivity contribution in [3.63, 3.8) is 0 Å². The Morgan fingerprint density at radius 1 is 1.15 bits per heavy atom. The van der Waals surface area contributed by atoms with Crippen LogP contribution in [0.25, 0.3) is 0 Å². The molecule has 0 fully saturated rings. The van der Waals surface area contributed by atoms with E-state index >= 15 is 0 Å². The lowest BCUT2D eigenvalue weighted by Crippen LogP contribution is -2.00. The van der Waals surface area contributed by atoms with Crippen LogP contribution in [0.2, 0.25) is 0 Å². The van der Waals surface area contributed by atoms with Gasteiger partial charge in [-0.2, -0.15) is 0 Å². The van der Waals surface area contributed by atoms with Crippen molar-refractivity contribution < 1.29 is 24.5 Å². The van der Waals surface area contributed by atoms with Gasteiger partial charge < -0.3 is 19.7 Å². The SMILES string of the molecule is COc1cccc(COc2ccc(O)c(C(=O)O)c2)c1. The van der Waals surface area contributed by atoms with Crippen molar-refractivity contribution in [2.75, 3.05) is 7.11 Å². The van der Waals surface area contributed by atoms with Crippen LogP contribution in [0, 0.1) is 0 Å². The van der Waals surface area contributed by atoms with Gasteiger partial charge in [0.2, 0.25) is 0 Å². The fourth-order valence-corrected chi connectivity index (χ4v) is 1.71. The van der Waals surface area contributed by atoms with E-state index in [1.54, 1.807) is 7.11 Å². The van der Waals surface area contributed by atoms with E-state index in [-0.39, 0.29) is 17.9 Å². The Hall–Kier alpha value is -2.69. The second kappa shape index (κ2) is 5.97. The standard InChI is InChI=1S/C15H14O5/c1-19-11-4-2-3-10(7-11)9-20-12-5-6-14(16)13(8-12)15(17)18/h2-8,16H,9H2,1H3,(H,17,18). The maximum atomic E-state index is 10.9. The maximum Gasteiger partial charge on any atom is 0.339 e. The third-order valence-corrected chi connectivity index (χ3v) is 2.74. The van der Waals surface area contributed by atoms with E-state index in [2.05, 4.69) is 0 Å². The Balaban J connectivity index is 2.10. The summed E-state index contributed by atoms with van der Waals surface area (Å²) in [6.45, 7) is 0.279. The predicted molar refractivity (Wildman–Crippen MR) is 72.4 cm³/mol. The molecule has 0 aliphatic rings. The molecular formula is C15H14O5. The van der Waals surface area contributed by atoms with Gasteiger partial charge in [0.15, 0.2) is 0 Å². The van der Waals surface area contributed by atoms with Crippen LogP contribution in [0.1, 0.15) is 15.9 Å². The van der Waals surface area contributed by atoms with Gasteiger partial charge in [0.25, 0.3) is 0 Å². The van der Waals surface area contributed by atoms with Crippen LogP contribution in [0.3, 0.4) is 0 Å². The minimum Gasteiger partial charge on any atom is -0.507 e. The van der Waals surface area contributed by atoms with Crippen molar-refractivity contribution >= 4 is 5.97 Å². The van der Waals surface area contributed by atoms with Crippen LogP contribution in [0.5, 0.6) is 17.2 Å². The van der Waals surface area contributed by atoms with Crippen molar-refractivity contribution in [2.45, 2.75) is 6.61 Å². The molecule has 0 atom stereocenters. The summed E-state index contributed by atoms with van der Waals surface area (Å²) >= 11 is 0. The number of carbonyl (C=O) groups is 1. The number of carboxylic acids is 1. The average molecular weight is 274 g/mol. The average Bonchev–Trinajstić information content (AvgIpc) is 2.46. The van der Waals surface area contributed by atoms with Gasteiger partial charge in [-0.15, -0.1) is 0 Å². The monoisotopic (exact) mass is 274 g/mol. The van der Waals surface area contributed by atoms with E-state index in [0.717, 1.165) is 11.3 Å². The van der Waals surface area contributed by atoms with Crippen molar-refractivity contribution in [1.82, 2.24) is 0 Å². The summed E-state index contributed by atoms with van der Waals surface area (Å²) in [7, 11) is 1.58. The molecule has 0 radical (unpaired) electrons. The molecular weight excluding hydrogens is 260 g/mol. The van der Waals surface area contributed by atoms with Gasteiger partial charge in [0, 0.05) is 0 Å². The Bertz CT molecular complexity index is 621. The molecule has 0 unspecified atom stereocenters. The lowest BCUT2D eigenvalue weighted by atomic mass is 10.2. The van der Waals surface area contributed by atoms with E-state index in [1.165, 1.54) is 18.2 Å². The van der Waals surface area contributed by atoms with Crippen molar-refractivity contribution in [1.29, 1.82) is 0 Å². The Kier molecular flexibility index (Phi) is 4.10. The van der Waals surface area contributed by atoms with Crippen molar-refractivity contribution in [3.05, 3.63) is 53.6 Å². The topological polar surface area (TPSA) is 76.0 Å². The normalized spacial score (nSPS) is 10.1. The fourth-order valence-electron chi connectivity index (χ4n) is 1.71. The molecule has 0 saturated heterocycles. The molecule has 0 aliphatic carbocycles. The molecule has 5 nitrogen and oxygen atoms in total. The van der Waals surface area contributed by atoms with E-state index in [9.17, 15) is 9.90 Å². The summed E-state index contributed by atoms with van der Waals surface area (Å²) in [6.07, 6.45) is 0. The highest BCUT2D eigenvalue weighted by molar-refractivity contribution is 5.91. The highest BCUT2D eigenvalue weighted by Gasteiger charge is 2.10. The molecule has 0 aromatic heterocycles. The number of hydrogen-bond donors (Lipinski definition) is 2. The quantitative estimate of drug-likeness (QED) is 0.876. The van der Waals surface area contributed by atoms with Gasteiger partial charge >= 0.3 is 5.97 Å². The first-order chi connectivity index (χ1) is 9.60. The zero-order chi connectivity index (χ0) is 14.5. The summed E-state index contributed by atoms with van der Waals surface area (Å²) in [5, 5.41) is 18.3. The molecule has 2 N–H and O–H groups in total. The number of ether oxygens (including phenoxy) is 2. The molecule has 0 bridgehead atoms. The highest BCUT2D eigenvalue weighted by atomic mass is 16.5. The molecule has 0 saturated carbocycles. The van der Waals surface area contributed by atoms with E-state index < -0.39 is 5.97 Å². The zero-order valence-corrected chi connectivity index (χ0v) is 10.9. The summed E-state index contributed by atoms with van der Waals surface area (Å²) in [6, 6.07) is 11.5. The molecule has 20 heavy (non-hydrogen) atoms. The predicted octanol–water partition coefficient (Wildman–Crippen LogP) is 2.68. The van der Waals surface area contributed by atoms with Crippen LogP contribution in [0.4, 0.5) is 0 Å². The second-order valence-electron chi connectivity index (χ2n) is 4.12. The summed E-state index contributed by atoms with van der Waals surface area (Å²) in [5.74, 6) is -0.383. The number of aromatic carboxylic acids is 1. The molecule has 0 spiro atoms. The number of aromatic hydroxyl groups is 1. The Labute approximate surface area is 116 Å². The first kappa shape index (κ1) is 13.7. The van der Waals surface area contributed by atoms with Gasteiger partial charge in [0.05, 0.1) is 7.11 Å². The van der Waals surface area contributed by atoms with Crippen LogP contribution < -0.4 is 9.47 Å². The lowest BCUT2D eigenvalue weighted by molar-refractivity contribution is 0.0693. The van der Waals surface area contributed by atoms with Crippen molar-refractivity contribution in [3.8, 4) is 17.2 Å². The number of methoxy groups -OCH3 is 1. The van der Waals surface area contributed by atoms with Crippen molar-refractivity contribution in [2.24, 2.45) is 0 Å². The summed E-state index contributed by atoms with van der Waals surface area (Å²) < 4.78 is 10.6. The first-order valence-electron chi connectivity index (χ1n) is 5.92. The molecule has 0 heterocycles. The molecule has 0 amide bonds. The largest absolute Gasteiger partial charge is 0.507 e. The lowest BCUT2D eigenvalue weighted by Gasteiger charge is -2.09. The van der Waals surface area contributed by atoms with Gasteiger partial charge in [0.1, 0.15) is 29.4 Å². The van der Waals surface area contributed by atoms with E-state index in [0.29, 0.717) is 5.75 Å². The van der Waals surface area contributed by atoms with E-state index in [1.807, 2.05) is 24.3 Å². The Morgan fingerprint density at radius 2 is 1.95 bits per heavy atom. The van der Waals surface area contributed by atoms with E-state index in [4.69, 9.17) is 14.6 Å². The van der Waals surface area contributed by atoms with Gasteiger partial charge in [-0.1, -0.05) is 12.1 Å². The summed E-state index contributed by atoms with van der Waals surface area (Å²) in [4.78, 5) is 10.9. The number of rotatable bonds is 5. The van der Waals surface area contributed by atoms with Crippen LogP contribution in [0.15, 0.2) is 42.5 Å². The third kappa shape index (κ3) is 3.20. The molecule has 2 rings (SSSR count). The molecule has 104 valence electrons. The van der Waals surface area contributed by atoms with Crippen LogP contribution >= 0.6 is 0 Å². The number of benzene rings is 2. The third-order valence-electron chi connectivity index (χ3n) is 2.74. The molecule has 2 aromatic carbocycles. The van der Waals surface area contributed by atoms with Gasteiger partial charge in [-0.25, -0.2) is 4.79 Å². The van der Waals surface area contributed by atoms with Gasteiger partial charge in [-0.3, -0.25) is 0 Å².